The fraction of sp³-hybridized carbons (Fsp3) is 0.286. The van der Waals surface area contributed by atoms with Gasteiger partial charge in [-0.05, 0) is 13.8 Å². The molecule has 0 bridgehead atoms. The summed E-state index contributed by atoms with van der Waals surface area (Å²) in [4.78, 5) is 3.85. The monoisotopic (exact) mass is 156 g/mol. The molecule has 0 unspecified atom stereocenters. The summed E-state index contributed by atoms with van der Waals surface area (Å²) >= 11 is 5.58. The minimum Gasteiger partial charge on any atom is -0.312 e. The highest BCUT2D eigenvalue weighted by atomic mass is 35.5. The Bertz CT molecular complexity index is 246. The molecule has 0 radical (unpaired) electrons. The first kappa shape index (κ1) is 7.35. The molecule has 3 heteroatoms. The highest BCUT2D eigenvalue weighted by Gasteiger charge is 1.89. The van der Waals surface area contributed by atoms with Crippen molar-refractivity contribution in [3.05, 3.63) is 23.3 Å². The van der Waals surface area contributed by atoms with Crippen LogP contribution in [0.4, 0.5) is 0 Å². The van der Waals surface area contributed by atoms with Crippen LogP contribution in [0.25, 0.3) is 6.20 Å². The van der Waals surface area contributed by atoms with Gasteiger partial charge < -0.3 is 4.57 Å². The van der Waals surface area contributed by atoms with Crippen molar-refractivity contribution in [2.75, 3.05) is 0 Å². The Kier molecular flexibility index (Phi) is 2.12. The normalized spacial score (nSPS) is 9.50. The first-order valence-corrected chi connectivity index (χ1v) is 3.40. The summed E-state index contributed by atoms with van der Waals surface area (Å²) in [6.07, 6.45) is 5.39. The van der Waals surface area contributed by atoms with Crippen molar-refractivity contribution in [1.82, 2.24) is 9.55 Å². The van der Waals surface area contributed by atoms with Gasteiger partial charge in [-0.3, -0.25) is 0 Å². The average molecular weight is 157 g/mol. The van der Waals surface area contributed by atoms with Gasteiger partial charge in [0.05, 0.1) is 0 Å². The number of nitrogens with zero attached hydrogens (tertiary/aromatic N) is 2. The standard InChI is InChI=1S/C7H9ClN2/c1-6(2)3-10-4-7(8)9-5-10/h3-5H,1-2H3. The van der Waals surface area contributed by atoms with Gasteiger partial charge in [0.25, 0.3) is 0 Å². The zero-order chi connectivity index (χ0) is 7.56. The number of halogens is 1. The van der Waals surface area contributed by atoms with E-state index in [4.69, 9.17) is 11.6 Å². The fourth-order valence-corrected chi connectivity index (χ4v) is 0.837. The number of rotatable bonds is 1. The molecule has 0 amide bonds. The highest BCUT2D eigenvalue weighted by Crippen LogP contribution is 2.04. The molecule has 0 saturated carbocycles. The van der Waals surface area contributed by atoms with Gasteiger partial charge in [-0.1, -0.05) is 17.2 Å². The first-order chi connectivity index (χ1) is 4.68. The summed E-state index contributed by atoms with van der Waals surface area (Å²) in [6.45, 7) is 4.04. The number of hydrogen-bond donors (Lipinski definition) is 0. The Morgan fingerprint density at radius 1 is 1.70 bits per heavy atom. The van der Waals surface area contributed by atoms with Gasteiger partial charge in [-0.2, -0.15) is 0 Å². The number of aromatic nitrogens is 2. The molecule has 0 spiro atoms. The van der Waals surface area contributed by atoms with Crippen molar-refractivity contribution in [3.63, 3.8) is 0 Å². The van der Waals surface area contributed by atoms with E-state index >= 15 is 0 Å². The van der Waals surface area contributed by atoms with E-state index in [2.05, 4.69) is 4.98 Å². The van der Waals surface area contributed by atoms with E-state index in [1.807, 2.05) is 24.6 Å². The Balaban J connectivity index is 2.86. The van der Waals surface area contributed by atoms with Crippen molar-refractivity contribution in [2.24, 2.45) is 0 Å². The average Bonchev–Trinajstić information content (AvgIpc) is 2.13. The summed E-state index contributed by atoms with van der Waals surface area (Å²) in [5.41, 5.74) is 1.22. The van der Waals surface area contributed by atoms with Crippen molar-refractivity contribution in [1.29, 1.82) is 0 Å². The second-order valence-electron chi connectivity index (χ2n) is 2.35. The third-order valence-electron chi connectivity index (χ3n) is 0.977. The topological polar surface area (TPSA) is 17.8 Å². The maximum atomic E-state index is 5.58. The molecule has 0 saturated heterocycles. The molecule has 2 nitrogen and oxygen atoms in total. The van der Waals surface area contributed by atoms with Gasteiger partial charge in [0, 0.05) is 12.4 Å². The largest absolute Gasteiger partial charge is 0.312 e. The lowest BCUT2D eigenvalue weighted by Gasteiger charge is -1.90. The van der Waals surface area contributed by atoms with E-state index in [9.17, 15) is 0 Å². The molecule has 0 fully saturated rings. The minimum absolute atomic E-state index is 0.525. The third kappa shape index (κ3) is 1.88. The smallest absolute Gasteiger partial charge is 0.147 e. The minimum atomic E-state index is 0.525. The van der Waals surface area contributed by atoms with Gasteiger partial charge in [0.15, 0.2) is 0 Å². The lowest BCUT2D eigenvalue weighted by atomic mass is 10.4. The molecule has 0 atom stereocenters. The van der Waals surface area contributed by atoms with Crippen molar-refractivity contribution < 1.29 is 0 Å². The Morgan fingerprint density at radius 3 is 2.80 bits per heavy atom. The predicted octanol–water partition coefficient (Wildman–Crippen LogP) is 2.42. The highest BCUT2D eigenvalue weighted by molar-refractivity contribution is 6.29. The lowest BCUT2D eigenvalue weighted by Crippen LogP contribution is -1.79. The van der Waals surface area contributed by atoms with Crippen LogP contribution in [0.1, 0.15) is 13.8 Å². The summed E-state index contributed by atoms with van der Waals surface area (Å²) < 4.78 is 1.83. The maximum absolute atomic E-state index is 5.58. The fourth-order valence-electron chi connectivity index (χ4n) is 0.680. The summed E-state index contributed by atoms with van der Waals surface area (Å²) in [5, 5.41) is 0.525. The van der Waals surface area contributed by atoms with E-state index in [-0.39, 0.29) is 0 Å². The predicted molar refractivity (Wildman–Crippen MR) is 42.9 cm³/mol. The van der Waals surface area contributed by atoms with Crippen molar-refractivity contribution in [2.45, 2.75) is 13.8 Å². The zero-order valence-electron chi connectivity index (χ0n) is 6.00. The molecule has 10 heavy (non-hydrogen) atoms. The van der Waals surface area contributed by atoms with E-state index < -0.39 is 0 Å². The summed E-state index contributed by atoms with van der Waals surface area (Å²) in [5.74, 6) is 0. The Labute approximate surface area is 65.1 Å². The molecule has 1 rings (SSSR count). The van der Waals surface area contributed by atoms with Crippen LogP contribution < -0.4 is 0 Å². The third-order valence-corrected chi connectivity index (χ3v) is 1.17. The summed E-state index contributed by atoms with van der Waals surface area (Å²) in [7, 11) is 0. The molecule has 0 aliphatic carbocycles. The van der Waals surface area contributed by atoms with Crippen LogP contribution in [-0.4, -0.2) is 9.55 Å². The molecule has 0 aliphatic heterocycles. The number of hydrogen-bond acceptors (Lipinski definition) is 1. The van der Waals surface area contributed by atoms with Gasteiger partial charge in [-0.15, -0.1) is 0 Å². The molecule has 1 aromatic heterocycles. The lowest BCUT2D eigenvalue weighted by molar-refractivity contribution is 1.12. The van der Waals surface area contributed by atoms with Crippen LogP contribution in [-0.2, 0) is 0 Å². The van der Waals surface area contributed by atoms with Crippen molar-refractivity contribution >= 4 is 17.8 Å². The molecule has 0 aromatic carbocycles. The van der Waals surface area contributed by atoms with Crippen LogP contribution in [0.5, 0.6) is 0 Å². The van der Waals surface area contributed by atoms with Gasteiger partial charge in [0.2, 0.25) is 0 Å². The molecule has 1 aromatic rings. The van der Waals surface area contributed by atoms with Crippen LogP contribution >= 0.6 is 11.6 Å². The van der Waals surface area contributed by atoms with Crippen molar-refractivity contribution in [3.8, 4) is 0 Å². The molecular formula is C7H9ClN2. The van der Waals surface area contributed by atoms with Gasteiger partial charge >= 0.3 is 0 Å². The van der Waals surface area contributed by atoms with Crippen LogP contribution in [0.2, 0.25) is 5.15 Å². The number of imidazole rings is 1. The van der Waals surface area contributed by atoms with Gasteiger partial charge in [0.1, 0.15) is 11.5 Å². The molecule has 0 aliphatic rings. The second kappa shape index (κ2) is 2.88. The maximum Gasteiger partial charge on any atom is 0.147 e. The van der Waals surface area contributed by atoms with E-state index in [1.165, 1.54) is 5.57 Å². The van der Waals surface area contributed by atoms with Crippen LogP contribution in [0.3, 0.4) is 0 Å². The second-order valence-corrected chi connectivity index (χ2v) is 2.74. The first-order valence-electron chi connectivity index (χ1n) is 3.02. The zero-order valence-corrected chi connectivity index (χ0v) is 6.76. The SMILES string of the molecule is CC(C)=Cn1cnc(Cl)c1. The van der Waals surface area contributed by atoms with E-state index in [1.54, 1.807) is 12.5 Å². The van der Waals surface area contributed by atoms with E-state index in [0.717, 1.165) is 0 Å². The Morgan fingerprint density at radius 2 is 2.40 bits per heavy atom. The van der Waals surface area contributed by atoms with Crippen LogP contribution in [0, 0.1) is 0 Å². The quantitative estimate of drug-likeness (QED) is 0.611. The Hall–Kier alpha value is -0.760. The molecular weight excluding hydrogens is 148 g/mol. The molecule has 0 N–H and O–H groups in total. The van der Waals surface area contributed by atoms with E-state index in [0.29, 0.717) is 5.15 Å². The van der Waals surface area contributed by atoms with Gasteiger partial charge in [-0.25, -0.2) is 4.98 Å². The molecule has 1 heterocycles. The summed E-state index contributed by atoms with van der Waals surface area (Å²) in [6, 6.07) is 0. The van der Waals surface area contributed by atoms with Crippen LogP contribution in [0.15, 0.2) is 18.1 Å². The molecule has 54 valence electrons. The number of allylic oxidation sites excluding steroid dienone is 1.